The largest absolute Gasteiger partial charge is 0.375 e. The van der Waals surface area contributed by atoms with Gasteiger partial charge in [0.05, 0.1) is 12.2 Å². The predicted molar refractivity (Wildman–Crippen MR) is 81.3 cm³/mol. The number of hydrogen-bond acceptors (Lipinski definition) is 2. The summed E-state index contributed by atoms with van der Waals surface area (Å²) >= 11 is 0. The van der Waals surface area contributed by atoms with E-state index < -0.39 is 0 Å². The highest BCUT2D eigenvalue weighted by Crippen LogP contribution is 2.66. The Morgan fingerprint density at radius 3 is 2.58 bits per heavy atom. The molecule has 2 aliphatic rings. The molecule has 112 valence electrons. The van der Waals surface area contributed by atoms with Crippen molar-refractivity contribution in [2.75, 3.05) is 13.1 Å². The molecule has 2 saturated carbocycles. The number of ether oxygens (including phenoxy) is 1. The summed E-state index contributed by atoms with van der Waals surface area (Å²) in [5.74, 6) is 0.886. The molecule has 2 rings (SSSR count). The smallest absolute Gasteiger partial charge is 0.0640 e. The molecule has 0 radical (unpaired) electrons. The summed E-state index contributed by atoms with van der Waals surface area (Å²) in [5, 5.41) is 3.39. The molecule has 0 aromatic carbocycles. The summed E-state index contributed by atoms with van der Waals surface area (Å²) in [6, 6.07) is 0. The molecule has 1 N–H and O–H groups in total. The summed E-state index contributed by atoms with van der Waals surface area (Å²) in [4.78, 5) is 0. The molecule has 4 atom stereocenters. The predicted octanol–water partition coefficient (Wildman–Crippen LogP) is 4.00. The molecular formula is C17H33NO. The Labute approximate surface area is 119 Å². The van der Waals surface area contributed by atoms with Gasteiger partial charge in [0, 0.05) is 0 Å². The Morgan fingerprint density at radius 2 is 2.05 bits per heavy atom. The number of fused-ring (bicyclic) bond motifs is 2. The second-order valence-corrected chi connectivity index (χ2v) is 7.54. The minimum absolute atomic E-state index is 0.410. The Balaban J connectivity index is 1.81. The van der Waals surface area contributed by atoms with E-state index >= 15 is 0 Å². The SMILES string of the molecule is CCNCCCC(C)OC1CC2CCC1(C)C2(C)C. The van der Waals surface area contributed by atoms with Crippen molar-refractivity contribution in [3.8, 4) is 0 Å². The summed E-state index contributed by atoms with van der Waals surface area (Å²) in [5.41, 5.74) is 0.884. The molecule has 0 aromatic heterocycles. The Bertz CT molecular complexity index is 302. The van der Waals surface area contributed by atoms with Gasteiger partial charge in [0.25, 0.3) is 0 Å². The van der Waals surface area contributed by atoms with Gasteiger partial charge in [-0.05, 0) is 68.9 Å². The third-order valence-electron chi connectivity index (χ3n) is 6.32. The second-order valence-electron chi connectivity index (χ2n) is 7.54. The fourth-order valence-electron chi connectivity index (χ4n) is 4.38. The molecule has 0 amide bonds. The lowest BCUT2D eigenvalue weighted by atomic mass is 9.70. The van der Waals surface area contributed by atoms with Gasteiger partial charge in [-0.3, -0.25) is 0 Å². The van der Waals surface area contributed by atoms with E-state index in [9.17, 15) is 0 Å². The average Bonchev–Trinajstić information content (AvgIpc) is 2.68. The molecule has 19 heavy (non-hydrogen) atoms. The van der Waals surface area contributed by atoms with Crippen LogP contribution in [0.5, 0.6) is 0 Å². The van der Waals surface area contributed by atoms with E-state index in [2.05, 4.69) is 39.9 Å². The minimum Gasteiger partial charge on any atom is -0.375 e. The zero-order chi connectivity index (χ0) is 14.1. The fourth-order valence-corrected chi connectivity index (χ4v) is 4.38. The second kappa shape index (κ2) is 5.73. The molecule has 0 heterocycles. The van der Waals surface area contributed by atoms with Crippen molar-refractivity contribution in [1.82, 2.24) is 5.32 Å². The van der Waals surface area contributed by atoms with Crippen molar-refractivity contribution >= 4 is 0 Å². The van der Waals surface area contributed by atoms with Crippen LogP contribution in [-0.2, 0) is 4.74 Å². The summed E-state index contributed by atoms with van der Waals surface area (Å²) in [6.07, 6.45) is 7.39. The third-order valence-corrected chi connectivity index (χ3v) is 6.32. The summed E-state index contributed by atoms with van der Waals surface area (Å²) < 4.78 is 6.44. The first-order valence-electron chi connectivity index (χ1n) is 8.28. The molecule has 2 bridgehead atoms. The summed E-state index contributed by atoms with van der Waals surface area (Å²) in [6.45, 7) is 14.0. The Hall–Kier alpha value is -0.0800. The van der Waals surface area contributed by atoms with Crippen LogP contribution < -0.4 is 5.32 Å². The van der Waals surface area contributed by atoms with Gasteiger partial charge in [-0.15, -0.1) is 0 Å². The molecule has 4 unspecified atom stereocenters. The maximum atomic E-state index is 6.44. The van der Waals surface area contributed by atoms with Crippen molar-refractivity contribution < 1.29 is 4.74 Å². The highest BCUT2D eigenvalue weighted by molar-refractivity contribution is 5.11. The fraction of sp³-hybridized carbons (Fsp3) is 1.00. The van der Waals surface area contributed by atoms with E-state index in [1.807, 2.05) is 0 Å². The number of hydrogen-bond donors (Lipinski definition) is 1. The Kier molecular flexibility index (Phi) is 4.62. The van der Waals surface area contributed by atoms with E-state index in [0.717, 1.165) is 19.0 Å². The summed E-state index contributed by atoms with van der Waals surface area (Å²) in [7, 11) is 0. The normalized spacial score (nSPS) is 37.7. The molecule has 2 aliphatic carbocycles. The van der Waals surface area contributed by atoms with Gasteiger partial charge in [-0.25, -0.2) is 0 Å². The number of nitrogens with one attached hydrogen (secondary N) is 1. The van der Waals surface area contributed by atoms with Crippen LogP contribution in [0.25, 0.3) is 0 Å². The lowest BCUT2D eigenvalue weighted by Crippen LogP contribution is -2.38. The third kappa shape index (κ3) is 2.71. The Morgan fingerprint density at radius 1 is 1.32 bits per heavy atom. The van der Waals surface area contributed by atoms with E-state index in [1.54, 1.807) is 0 Å². The van der Waals surface area contributed by atoms with Crippen LogP contribution in [0.3, 0.4) is 0 Å². The monoisotopic (exact) mass is 267 g/mol. The minimum atomic E-state index is 0.410. The van der Waals surface area contributed by atoms with Crippen molar-refractivity contribution in [3.63, 3.8) is 0 Å². The lowest BCUT2D eigenvalue weighted by molar-refractivity contribution is -0.0826. The van der Waals surface area contributed by atoms with Crippen molar-refractivity contribution in [2.45, 2.75) is 78.9 Å². The molecular weight excluding hydrogens is 234 g/mol. The van der Waals surface area contributed by atoms with Gasteiger partial charge in [0.15, 0.2) is 0 Å². The topological polar surface area (TPSA) is 21.3 Å². The van der Waals surface area contributed by atoms with E-state index in [0.29, 0.717) is 23.0 Å². The first kappa shape index (κ1) is 15.3. The molecule has 0 aromatic rings. The van der Waals surface area contributed by atoms with E-state index in [-0.39, 0.29) is 0 Å². The maximum absolute atomic E-state index is 6.44. The standard InChI is InChI=1S/C17H33NO/c1-6-18-11-7-8-13(2)19-15-12-14-9-10-17(15,5)16(14,3)4/h13-15,18H,6-12H2,1-5H3. The van der Waals surface area contributed by atoms with Gasteiger partial charge in [-0.1, -0.05) is 27.7 Å². The van der Waals surface area contributed by atoms with Crippen molar-refractivity contribution in [1.29, 1.82) is 0 Å². The van der Waals surface area contributed by atoms with E-state index in [4.69, 9.17) is 4.74 Å². The molecule has 0 aliphatic heterocycles. The maximum Gasteiger partial charge on any atom is 0.0640 e. The van der Waals surface area contributed by atoms with Crippen molar-refractivity contribution in [3.05, 3.63) is 0 Å². The zero-order valence-corrected chi connectivity index (χ0v) is 13.6. The van der Waals surface area contributed by atoms with Crippen LogP contribution in [0, 0.1) is 16.7 Å². The zero-order valence-electron chi connectivity index (χ0n) is 13.6. The first-order chi connectivity index (χ1) is 8.91. The van der Waals surface area contributed by atoms with Crippen LogP contribution >= 0.6 is 0 Å². The van der Waals surface area contributed by atoms with Gasteiger partial charge in [0.1, 0.15) is 0 Å². The quantitative estimate of drug-likeness (QED) is 0.704. The molecule has 0 saturated heterocycles. The van der Waals surface area contributed by atoms with Crippen LogP contribution in [0.1, 0.15) is 66.7 Å². The van der Waals surface area contributed by atoms with Gasteiger partial charge >= 0.3 is 0 Å². The first-order valence-corrected chi connectivity index (χ1v) is 8.28. The number of rotatable bonds is 7. The van der Waals surface area contributed by atoms with Crippen LogP contribution in [0.2, 0.25) is 0 Å². The molecule has 2 heteroatoms. The molecule has 0 spiro atoms. The van der Waals surface area contributed by atoms with Crippen LogP contribution in [0.15, 0.2) is 0 Å². The highest BCUT2D eigenvalue weighted by Gasteiger charge is 2.62. The van der Waals surface area contributed by atoms with E-state index in [1.165, 1.54) is 32.1 Å². The highest BCUT2D eigenvalue weighted by atomic mass is 16.5. The van der Waals surface area contributed by atoms with Gasteiger partial charge < -0.3 is 10.1 Å². The van der Waals surface area contributed by atoms with Crippen LogP contribution in [-0.4, -0.2) is 25.3 Å². The van der Waals surface area contributed by atoms with Gasteiger partial charge in [-0.2, -0.15) is 0 Å². The lowest BCUT2D eigenvalue weighted by Gasteiger charge is -2.40. The molecule has 2 fully saturated rings. The van der Waals surface area contributed by atoms with Crippen LogP contribution in [0.4, 0.5) is 0 Å². The van der Waals surface area contributed by atoms with Crippen molar-refractivity contribution in [2.24, 2.45) is 16.7 Å². The van der Waals surface area contributed by atoms with Gasteiger partial charge in [0.2, 0.25) is 0 Å². The molecule has 2 nitrogen and oxygen atoms in total. The average molecular weight is 267 g/mol.